The van der Waals surface area contributed by atoms with Gasteiger partial charge in [-0.2, -0.15) is 13.2 Å². The first kappa shape index (κ1) is 13.0. The Kier molecular flexibility index (Phi) is 3.72. The first-order valence-corrected chi connectivity index (χ1v) is 4.54. The van der Waals surface area contributed by atoms with Crippen LogP contribution in [0.4, 0.5) is 18.9 Å². The monoisotopic (exact) mass is 246 g/mol. The lowest BCUT2D eigenvalue weighted by Crippen LogP contribution is -2.49. The van der Waals surface area contributed by atoms with Gasteiger partial charge in [0.15, 0.2) is 0 Å². The molecule has 1 rings (SSSR count). The molecule has 0 aliphatic rings. The van der Waals surface area contributed by atoms with Gasteiger partial charge in [0.25, 0.3) is 0 Å². The van der Waals surface area contributed by atoms with Crippen LogP contribution < -0.4 is 10.4 Å². The van der Waals surface area contributed by atoms with Crippen molar-refractivity contribution >= 4 is 18.0 Å². The zero-order valence-corrected chi connectivity index (χ0v) is 8.78. The molecule has 0 heterocycles. The summed E-state index contributed by atoms with van der Waals surface area (Å²) in [6, 6.07) is 5.65. The van der Waals surface area contributed by atoms with E-state index in [0.29, 0.717) is 0 Å². The van der Waals surface area contributed by atoms with Gasteiger partial charge >= 0.3 is 12.1 Å². The summed E-state index contributed by atoms with van der Waals surface area (Å²) < 4.78 is 36.7. The van der Waals surface area contributed by atoms with E-state index in [1.165, 1.54) is 24.3 Å². The lowest BCUT2D eigenvalue weighted by molar-refractivity contribution is -0.171. The number of halogens is 3. The van der Waals surface area contributed by atoms with Gasteiger partial charge in [-0.05, 0) is 19.1 Å². The van der Waals surface area contributed by atoms with Crippen LogP contribution in [0.3, 0.4) is 0 Å². The molecule has 0 unspecified atom stereocenters. The number of hydrazine groups is 1. The number of anilines is 1. The Bertz CT molecular complexity index is 415. The van der Waals surface area contributed by atoms with Crippen molar-refractivity contribution < 1.29 is 22.8 Å². The van der Waals surface area contributed by atoms with Crippen molar-refractivity contribution in [2.45, 2.75) is 13.1 Å². The van der Waals surface area contributed by atoms with Crippen LogP contribution in [0, 0.1) is 6.92 Å². The van der Waals surface area contributed by atoms with E-state index in [9.17, 15) is 22.8 Å². The minimum Gasteiger partial charge on any atom is -0.277 e. The van der Waals surface area contributed by atoms with Gasteiger partial charge in [-0.15, -0.1) is 0 Å². The molecule has 4 nitrogen and oxygen atoms in total. The highest BCUT2D eigenvalue weighted by Crippen LogP contribution is 2.22. The highest BCUT2D eigenvalue weighted by molar-refractivity contribution is 5.97. The molecule has 0 saturated carbocycles. The number of alkyl halides is 3. The lowest BCUT2D eigenvalue weighted by Gasteiger charge is -2.22. The van der Waals surface area contributed by atoms with Crippen molar-refractivity contribution in [2.24, 2.45) is 0 Å². The Morgan fingerprint density at radius 3 is 2.24 bits per heavy atom. The van der Waals surface area contributed by atoms with Crippen molar-refractivity contribution in [3.63, 3.8) is 0 Å². The number of amides is 2. The second-order valence-electron chi connectivity index (χ2n) is 3.22. The fourth-order valence-electron chi connectivity index (χ4n) is 1.12. The van der Waals surface area contributed by atoms with Crippen LogP contribution in [0.1, 0.15) is 5.56 Å². The molecular formula is C10H9F3N2O2. The number of hydrogen-bond acceptors (Lipinski definition) is 2. The van der Waals surface area contributed by atoms with Crippen molar-refractivity contribution in [3.05, 3.63) is 29.8 Å². The van der Waals surface area contributed by atoms with E-state index in [1.807, 2.05) is 0 Å². The highest BCUT2D eigenvalue weighted by atomic mass is 19.4. The molecule has 1 N–H and O–H groups in total. The molecule has 0 spiro atoms. The van der Waals surface area contributed by atoms with Crippen LogP contribution in [-0.2, 0) is 9.59 Å². The minimum atomic E-state index is -5.05. The lowest BCUT2D eigenvalue weighted by atomic mass is 10.2. The Balaban J connectivity index is 3.05. The zero-order valence-electron chi connectivity index (χ0n) is 8.78. The van der Waals surface area contributed by atoms with Crippen LogP contribution in [0.15, 0.2) is 24.3 Å². The normalized spacial score (nSPS) is 10.8. The predicted molar refractivity (Wildman–Crippen MR) is 53.9 cm³/mol. The quantitative estimate of drug-likeness (QED) is 0.649. The molecule has 1 aromatic carbocycles. The zero-order chi connectivity index (χ0) is 13.1. The molecule has 0 aromatic heterocycles. The SMILES string of the molecule is Cc1ccc(N(NC=O)C(=O)C(F)(F)F)cc1. The summed E-state index contributed by atoms with van der Waals surface area (Å²) in [6.45, 7) is 1.74. The van der Waals surface area contributed by atoms with Gasteiger partial charge in [-0.25, -0.2) is 5.01 Å². The number of nitrogens with zero attached hydrogens (tertiary/aromatic N) is 1. The number of carbonyl (C=O) groups excluding carboxylic acids is 2. The van der Waals surface area contributed by atoms with Gasteiger partial charge < -0.3 is 0 Å². The van der Waals surface area contributed by atoms with Gasteiger partial charge in [0.05, 0.1) is 5.69 Å². The Morgan fingerprint density at radius 2 is 1.82 bits per heavy atom. The summed E-state index contributed by atoms with van der Waals surface area (Å²) in [4.78, 5) is 21.2. The average Bonchev–Trinajstić information content (AvgIpc) is 2.25. The summed E-state index contributed by atoms with van der Waals surface area (Å²) >= 11 is 0. The molecule has 2 amide bonds. The van der Waals surface area contributed by atoms with Crippen LogP contribution >= 0.6 is 0 Å². The van der Waals surface area contributed by atoms with Crippen LogP contribution in [0.25, 0.3) is 0 Å². The fourth-order valence-corrected chi connectivity index (χ4v) is 1.12. The topological polar surface area (TPSA) is 49.4 Å². The van der Waals surface area contributed by atoms with Crippen LogP contribution in [0.2, 0.25) is 0 Å². The Morgan fingerprint density at radius 1 is 1.29 bits per heavy atom. The number of hydrogen-bond donors (Lipinski definition) is 1. The smallest absolute Gasteiger partial charge is 0.277 e. The van der Waals surface area contributed by atoms with Crippen molar-refractivity contribution in [2.75, 3.05) is 5.01 Å². The standard InChI is InChI=1S/C10H9F3N2O2/c1-7-2-4-8(5-3-7)15(14-6-16)9(17)10(11,12)13/h2-6H,1H3,(H,14,16). The molecule has 92 valence electrons. The first-order chi connectivity index (χ1) is 7.86. The summed E-state index contributed by atoms with van der Waals surface area (Å²) in [7, 11) is 0. The summed E-state index contributed by atoms with van der Waals surface area (Å²) in [5.74, 6) is -2.16. The molecule has 1 aromatic rings. The molecule has 0 radical (unpaired) electrons. The van der Waals surface area contributed by atoms with E-state index >= 15 is 0 Å². The average molecular weight is 246 g/mol. The Hall–Kier alpha value is -2.05. The van der Waals surface area contributed by atoms with E-state index in [1.54, 1.807) is 12.3 Å². The Labute approximate surface area is 95.0 Å². The summed E-state index contributed by atoms with van der Waals surface area (Å²) in [5.41, 5.74) is 2.46. The van der Waals surface area contributed by atoms with E-state index in [0.717, 1.165) is 5.56 Å². The second-order valence-corrected chi connectivity index (χ2v) is 3.22. The van der Waals surface area contributed by atoms with Gasteiger partial charge in [0.2, 0.25) is 6.41 Å². The van der Waals surface area contributed by atoms with E-state index in [2.05, 4.69) is 0 Å². The van der Waals surface area contributed by atoms with Gasteiger partial charge in [0.1, 0.15) is 0 Å². The minimum absolute atomic E-state index is 0.00347. The first-order valence-electron chi connectivity index (χ1n) is 4.54. The number of benzene rings is 1. The fraction of sp³-hybridized carbons (Fsp3) is 0.200. The van der Waals surface area contributed by atoms with E-state index < -0.39 is 12.1 Å². The molecule has 0 bridgehead atoms. The molecule has 0 saturated heterocycles. The molecule has 0 aliphatic carbocycles. The van der Waals surface area contributed by atoms with E-state index in [-0.39, 0.29) is 17.1 Å². The second kappa shape index (κ2) is 4.86. The largest absolute Gasteiger partial charge is 0.473 e. The molecular weight excluding hydrogens is 237 g/mol. The third kappa shape index (κ3) is 3.20. The molecule has 17 heavy (non-hydrogen) atoms. The summed E-state index contributed by atoms with van der Waals surface area (Å²) in [5, 5.41) is 0.145. The van der Waals surface area contributed by atoms with Gasteiger partial charge in [-0.1, -0.05) is 17.7 Å². The number of rotatable bonds is 3. The van der Waals surface area contributed by atoms with Crippen molar-refractivity contribution in [1.29, 1.82) is 0 Å². The maximum atomic E-state index is 12.2. The third-order valence-electron chi connectivity index (χ3n) is 1.92. The summed E-state index contributed by atoms with van der Waals surface area (Å²) in [6.07, 6.45) is -5.05. The maximum absolute atomic E-state index is 12.2. The molecule has 0 fully saturated rings. The number of aryl methyl sites for hydroxylation is 1. The highest BCUT2D eigenvalue weighted by Gasteiger charge is 2.43. The van der Waals surface area contributed by atoms with Crippen LogP contribution in [-0.4, -0.2) is 18.5 Å². The van der Waals surface area contributed by atoms with Gasteiger partial charge in [0, 0.05) is 0 Å². The third-order valence-corrected chi connectivity index (χ3v) is 1.92. The number of carbonyl (C=O) groups is 2. The van der Waals surface area contributed by atoms with E-state index in [4.69, 9.17) is 0 Å². The van der Waals surface area contributed by atoms with Crippen molar-refractivity contribution in [1.82, 2.24) is 5.43 Å². The predicted octanol–water partition coefficient (Wildman–Crippen LogP) is 1.55. The van der Waals surface area contributed by atoms with Gasteiger partial charge in [-0.3, -0.25) is 15.0 Å². The molecule has 0 aliphatic heterocycles. The number of nitrogens with one attached hydrogen (secondary N) is 1. The van der Waals surface area contributed by atoms with Crippen LogP contribution in [0.5, 0.6) is 0 Å². The molecule has 7 heteroatoms. The maximum Gasteiger partial charge on any atom is 0.473 e. The van der Waals surface area contributed by atoms with Crippen molar-refractivity contribution in [3.8, 4) is 0 Å². The molecule has 0 atom stereocenters.